The molecule has 0 aliphatic rings. The second-order valence-electron chi connectivity index (χ2n) is 4.37. The van der Waals surface area contributed by atoms with Crippen molar-refractivity contribution in [3.8, 4) is 11.5 Å². The van der Waals surface area contributed by atoms with Crippen molar-refractivity contribution in [1.29, 1.82) is 0 Å². The Morgan fingerprint density at radius 2 is 1.90 bits per heavy atom. The van der Waals surface area contributed by atoms with Gasteiger partial charge in [-0.2, -0.15) is 0 Å². The molecule has 0 aromatic heterocycles. The van der Waals surface area contributed by atoms with Crippen molar-refractivity contribution in [2.24, 2.45) is 0 Å². The van der Waals surface area contributed by atoms with E-state index in [0.717, 1.165) is 5.75 Å². The molecule has 0 aliphatic carbocycles. The van der Waals surface area contributed by atoms with Crippen molar-refractivity contribution >= 4 is 17.3 Å². The van der Waals surface area contributed by atoms with Crippen LogP contribution in [0.4, 0.5) is 11.4 Å². The van der Waals surface area contributed by atoms with Gasteiger partial charge in [0, 0.05) is 17.4 Å². The number of nitrogens with two attached hydrogens (primary N) is 1. The van der Waals surface area contributed by atoms with Crippen LogP contribution < -0.4 is 20.5 Å². The van der Waals surface area contributed by atoms with Crippen LogP contribution in [0.3, 0.4) is 0 Å². The second kappa shape index (κ2) is 6.65. The molecule has 1 amide bonds. The van der Waals surface area contributed by atoms with Gasteiger partial charge in [0.15, 0.2) is 0 Å². The maximum absolute atomic E-state index is 12.3. The minimum atomic E-state index is -0.254. The predicted molar refractivity (Wildman–Crippen MR) is 83.0 cm³/mol. The Morgan fingerprint density at radius 3 is 2.52 bits per heavy atom. The van der Waals surface area contributed by atoms with Gasteiger partial charge in [0.25, 0.3) is 5.91 Å². The lowest BCUT2D eigenvalue weighted by Crippen LogP contribution is -2.13. The van der Waals surface area contributed by atoms with E-state index in [-0.39, 0.29) is 5.91 Å². The number of amides is 1. The molecule has 0 saturated carbocycles. The molecule has 2 rings (SSSR count). The van der Waals surface area contributed by atoms with Crippen LogP contribution in [0, 0.1) is 0 Å². The minimum Gasteiger partial charge on any atom is -0.496 e. The Balaban J connectivity index is 2.14. The Hall–Kier alpha value is -2.69. The van der Waals surface area contributed by atoms with Gasteiger partial charge in [-0.15, -0.1) is 0 Å². The lowest BCUT2D eigenvalue weighted by atomic mass is 10.1. The summed E-state index contributed by atoms with van der Waals surface area (Å²) in [7, 11) is 1.50. The van der Waals surface area contributed by atoms with Crippen LogP contribution in [-0.4, -0.2) is 19.6 Å². The molecule has 0 aliphatic heterocycles. The van der Waals surface area contributed by atoms with Crippen molar-refractivity contribution in [3.05, 3.63) is 48.0 Å². The fraction of sp³-hybridized carbons (Fsp3) is 0.188. The third-order valence-corrected chi connectivity index (χ3v) is 2.89. The molecule has 2 aromatic carbocycles. The smallest absolute Gasteiger partial charge is 0.259 e. The minimum absolute atomic E-state index is 0.254. The van der Waals surface area contributed by atoms with Crippen molar-refractivity contribution in [2.75, 3.05) is 24.8 Å². The zero-order valence-electron chi connectivity index (χ0n) is 12.1. The van der Waals surface area contributed by atoms with Crippen LogP contribution in [-0.2, 0) is 0 Å². The molecule has 0 radical (unpaired) electrons. The van der Waals surface area contributed by atoms with E-state index < -0.39 is 0 Å². The van der Waals surface area contributed by atoms with Gasteiger partial charge in [-0.05, 0) is 43.3 Å². The number of hydrogen-bond donors (Lipinski definition) is 2. The number of anilines is 2. The van der Waals surface area contributed by atoms with E-state index in [2.05, 4.69) is 5.32 Å². The number of nitrogen functional groups attached to an aromatic ring is 1. The van der Waals surface area contributed by atoms with Gasteiger partial charge in [-0.1, -0.05) is 0 Å². The Labute approximate surface area is 123 Å². The van der Waals surface area contributed by atoms with Gasteiger partial charge >= 0.3 is 0 Å². The number of ether oxygens (including phenoxy) is 2. The molecule has 0 bridgehead atoms. The summed E-state index contributed by atoms with van der Waals surface area (Å²) in [5.74, 6) is 0.954. The SMILES string of the molecule is CCOc1ccc(NC(=O)c2ccc(N)cc2OC)cc1. The third kappa shape index (κ3) is 3.66. The molecule has 110 valence electrons. The molecule has 0 atom stereocenters. The molecule has 0 heterocycles. The number of rotatable bonds is 5. The van der Waals surface area contributed by atoms with Crippen LogP contribution in [0.15, 0.2) is 42.5 Å². The number of hydrogen-bond acceptors (Lipinski definition) is 4. The highest BCUT2D eigenvalue weighted by Crippen LogP contribution is 2.23. The highest BCUT2D eigenvalue weighted by atomic mass is 16.5. The molecule has 5 nitrogen and oxygen atoms in total. The summed E-state index contributed by atoms with van der Waals surface area (Å²) >= 11 is 0. The zero-order valence-corrected chi connectivity index (χ0v) is 12.1. The highest BCUT2D eigenvalue weighted by molar-refractivity contribution is 6.06. The van der Waals surface area contributed by atoms with Crippen LogP contribution in [0.2, 0.25) is 0 Å². The van der Waals surface area contributed by atoms with Gasteiger partial charge in [0.2, 0.25) is 0 Å². The summed E-state index contributed by atoms with van der Waals surface area (Å²) in [6.45, 7) is 2.53. The zero-order chi connectivity index (χ0) is 15.2. The molecule has 2 aromatic rings. The van der Waals surface area contributed by atoms with Gasteiger partial charge in [0.1, 0.15) is 11.5 Å². The summed E-state index contributed by atoms with van der Waals surface area (Å²) in [6, 6.07) is 12.1. The molecule has 0 spiro atoms. The second-order valence-corrected chi connectivity index (χ2v) is 4.37. The van der Waals surface area contributed by atoms with E-state index in [0.29, 0.717) is 29.3 Å². The average Bonchev–Trinajstić information content (AvgIpc) is 2.49. The molecular weight excluding hydrogens is 268 g/mol. The van der Waals surface area contributed by atoms with Crippen molar-refractivity contribution in [2.45, 2.75) is 6.92 Å². The van der Waals surface area contributed by atoms with E-state index in [4.69, 9.17) is 15.2 Å². The highest BCUT2D eigenvalue weighted by Gasteiger charge is 2.12. The normalized spacial score (nSPS) is 10.0. The average molecular weight is 286 g/mol. The topological polar surface area (TPSA) is 73.6 Å². The number of carbonyl (C=O) groups is 1. The van der Waals surface area contributed by atoms with Gasteiger partial charge in [-0.3, -0.25) is 4.79 Å². The molecule has 21 heavy (non-hydrogen) atoms. The molecule has 0 unspecified atom stereocenters. The van der Waals surface area contributed by atoms with E-state index in [1.54, 1.807) is 42.5 Å². The summed E-state index contributed by atoms with van der Waals surface area (Å²) in [5.41, 5.74) is 7.33. The molecule has 3 N–H and O–H groups in total. The maximum atomic E-state index is 12.3. The van der Waals surface area contributed by atoms with E-state index >= 15 is 0 Å². The molecular formula is C16H18N2O3. The Morgan fingerprint density at radius 1 is 1.19 bits per heavy atom. The van der Waals surface area contributed by atoms with Crippen LogP contribution >= 0.6 is 0 Å². The van der Waals surface area contributed by atoms with Gasteiger partial charge in [0.05, 0.1) is 19.3 Å². The number of carbonyl (C=O) groups excluding carboxylic acids is 1. The van der Waals surface area contributed by atoms with Gasteiger partial charge < -0.3 is 20.5 Å². The Bertz CT molecular complexity index is 624. The number of nitrogens with one attached hydrogen (secondary N) is 1. The summed E-state index contributed by atoms with van der Waals surface area (Å²) < 4.78 is 10.5. The van der Waals surface area contributed by atoms with E-state index in [9.17, 15) is 4.79 Å². The van der Waals surface area contributed by atoms with E-state index in [1.807, 2.05) is 6.92 Å². The third-order valence-electron chi connectivity index (χ3n) is 2.89. The van der Waals surface area contributed by atoms with Gasteiger partial charge in [-0.25, -0.2) is 0 Å². The standard InChI is InChI=1S/C16H18N2O3/c1-3-21-13-7-5-12(6-8-13)18-16(19)14-9-4-11(17)10-15(14)20-2/h4-10H,3,17H2,1-2H3,(H,18,19). The lowest BCUT2D eigenvalue weighted by molar-refractivity contribution is 0.102. The quantitative estimate of drug-likeness (QED) is 0.829. The van der Waals surface area contributed by atoms with E-state index in [1.165, 1.54) is 7.11 Å². The fourth-order valence-corrected chi connectivity index (χ4v) is 1.89. The molecule has 5 heteroatoms. The number of methoxy groups -OCH3 is 1. The van der Waals surface area contributed by atoms with Crippen molar-refractivity contribution in [3.63, 3.8) is 0 Å². The van der Waals surface area contributed by atoms with Crippen LogP contribution in [0.5, 0.6) is 11.5 Å². The monoisotopic (exact) mass is 286 g/mol. The first kappa shape index (κ1) is 14.7. The molecule has 0 saturated heterocycles. The lowest BCUT2D eigenvalue weighted by Gasteiger charge is -2.10. The van der Waals surface area contributed by atoms with Crippen LogP contribution in [0.1, 0.15) is 17.3 Å². The molecule has 0 fully saturated rings. The first-order valence-corrected chi connectivity index (χ1v) is 6.61. The fourth-order valence-electron chi connectivity index (χ4n) is 1.89. The maximum Gasteiger partial charge on any atom is 0.259 e. The van der Waals surface area contributed by atoms with Crippen molar-refractivity contribution < 1.29 is 14.3 Å². The Kier molecular flexibility index (Phi) is 4.66. The summed E-state index contributed by atoms with van der Waals surface area (Å²) in [6.07, 6.45) is 0. The summed E-state index contributed by atoms with van der Waals surface area (Å²) in [4.78, 5) is 12.3. The number of benzene rings is 2. The van der Waals surface area contributed by atoms with Crippen molar-refractivity contribution in [1.82, 2.24) is 0 Å². The van der Waals surface area contributed by atoms with Crippen LogP contribution in [0.25, 0.3) is 0 Å². The predicted octanol–water partition coefficient (Wildman–Crippen LogP) is 2.93. The first-order chi connectivity index (χ1) is 10.1. The largest absolute Gasteiger partial charge is 0.496 e. The first-order valence-electron chi connectivity index (χ1n) is 6.61. The summed E-state index contributed by atoms with van der Waals surface area (Å²) in [5, 5.41) is 2.81.